The Labute approximate surface area is 215 Å². The van der Waals surface area contributed by atoms with Crippen molar-refractivity contribution in [3.8, 4) is 17.2 Å². The summed E-state index contributed by atoms with van der Waals surface area (Å²) in [5.74, 6) is 1.61. The third kappa shape index (κ3) is 5.41. The molecule has 10 heteroatoms. The highest BCUT2D eigenvalue weighted by Crippen LogP contribution is 2.36. The van der Waals surface area contributed by atoms with Gasteiger partial charge in [-0.05, 0) is 56.2 Å². The summed E-state index contributed by atoms with van der Waals surface area (Å²) in [7, 11) is 3.14. The minimum Gasteiger partial charge on any atom is -0.497 e. The Balaban J connectivity index is 1.53. The molecule has 0 atom stereocenters. The molecule has 1 saturated heterocycles. The fourth-order valence-corrected chi connectivity index (χ4v) is 4.51. The number of benzene rings is 2. The van der Waals surface area contributed by atoms with E-state index >= 15 is 0 Å². The first kappa shape index (κ1) is 25.4. The average molecular weight is 512 g/mol. The molecule has 1 aliphatic heterocycles. The first-order chi connectivity index (χ1) is 17.3. The normalized spacial score (nSPS) is 13.9. The number of carbonyl (C=O) groups is 2. The zero-order valence-corrected chi connectivity index (χ0v) is 21.6. The molecule has 2 heterocycles. The first-order valence-corrected chi connectivity index (χ1v) is 12.1. The first-order valence-electron chi connectivity index (χ1n) is 11.7. The Morgan fingerprint density at radius 2 is 1.72 bits per heavy atom. The number of halogens is 1. The van der Waals surface area contributed by atoms with Crippen molar-refractivity contribution in [2.24, 2.45) is 5.92 Å². The van der Waals surface area contributed by atoms with E-state index in [-0.39, 0.29) is 17.7 Å². The summed E-state index contributed by atoms with van der Waals surface area (Å²) < 4.78 is 12.5. The van der Waals surface area contributed by atoms with E-state index in [2.05, 4.69) is 15.5 Å². The molecule has 1 aromatic heterocycles. The Morgan fingerprint density at radius 1 is 1.03 bits per heavy atom. The molecule has 190 valence electrons. The molecule has 9 nitrogen and oxygen atoms in total. The third-order valence-corrected chi connectivity index (χ3v) is 6.49. The molecule has 0 unspecified atom stereocenters. The molecule has 0 saturated carbocycles. The van der Waals surface area contributed by atoms with Crippen LogP contribution in [0, 0.1) is 12.8 Å². The van der Waals surface area contributed by atoms with Gasteiger partial charge in [0.2, 0.25) is 11.8 Å². The van der Waals surface area contributed by atoms with Crippen LogP contribution >= 0.6 is 11.6 Å². The van der Waals surface area contributed by atoms with Crippen molar-refractivity contribution in [3.63, 3.8) is 0 Å². The van der Waals surface area contributed by atoms with Gasteiger partial charge < -0.3 is 25.0 Å². The second kappa shape index (κ2) is 10.9. The van der Waals surface area contributed by atoms with E-state index in [1.807, 2.05) is 23.7 Å². The number of rotatable bonds is 7. The van der Waals surface area contributed by atoms with Crippen molar-refractivity contribution in [2.75, 3.05) is 42.8 Å². The number of amides is 2. The lowest BCUT2D eigenvalue weighted by atomic mass is 9.95. The summed E-state index contributed by atoms with van der Waals surface area (Å²) >= 11 is 6.08. The standard InChI is InChI=1S/C26H30ClN5O4/c1-16-24(28-17(2)33)26(32(30-16)20-7-5-19(27)6-8-20)31-13-11-18(12-14-31)25(34)29-22-10-9-21(35-3)15-23(22)36-4/h5-10,15,18H,11-14H2,1-4H3,(H,28,33)(H,29,34). The van der Waals surface area contributed by atoms with Crippen molar-refractivity contribution in [2.45, 2.75) is 26.7 Å². The Hall–Kier alpha value is -3.72. The Morgan fingerprint density at radius 3 is 2.33 bits per heavy atom. The van der Waals surface area contributed by atoms with E-state index in [1.54, 1.807) is 44.6 Å². The van der Waals surface area contributed by atoms with E-state index in [4.69, 9.17) is 26.2 Å². The maximum Gasteiger partial charge on any atom is 0.227 e. The summed E-state index contributed by atoms with van der Waals surface area (Å²) in [5, 5.41) is 11.3. The van der Waals surface area contributed by atoms with Gasteiger partial charge in [0, 0.05) is 37.0 Å². The summed E-state index contributed by atoms with van der Waals surface area (Å²) in [4.78, 5) is 27.2. The van der Waals surface area contributed by atoms with Gasteiger partial charge >= 0.3 is 0 Å². The van der Waals surface area contributed by atoms with E-state index in [1.165, 1.54) is 6.92 Å². The van der Waals surface area contributed by atoms with Crippen molar-refractivity contribution in [1.82, 2.24) is 9.78 Å². The fraction of sp³-hybridized carbons (Fsp3) is 0.346. The second-order valence-corrected chi connectivity index (χ2v) is 9.11. The number of nitrogens with one attached hydrogen (secondary N) is 2. The predicted octanol–water partition coefficient (Wildman–Crippen LogP) is 4.66. The van der Waals surface area contributed by atoms with Crippen LogP contribution in [0.1, 0.15) is 25.5 Å². The molecule has 1 aliphatic rings. The van der Waals surface area contributed by atoms with Gasteiger partial charge in [-0.1, -0.05) is 11.6 Å². The molecular weight excluding hydrogens is 482 g/mol. The second-order valence-electron chi connectivity index (χ2n) is 8.67. The van der Waals surface area contributed by atoms with Crippen LogP contribution in [0.15, 0.2) is 42.5 Å². The molecular formula is C26H30ClN5O4. The topological polar surface area (TPSA) is 97.7 Å². The van der Waals surface area contributed by atoms with Gasteiger partial charge in [0.05, 0.1) is 31.3 Å². The van der Waals surface area contributed by atoms with E-state index in [0.717, 1.165) is 11.5 Å². The van der Waals surface area contributed by atoms with Crippen molar-refractivity contribution in [1.29, 1.82) is 0 Å². The molecule has 2 N–H and O–H groups in total. The van der Waals surface area contributed by atoms with Crippen LogP contribution < -0.4 is 25.0 Å². The number of carbonyl (C=O) groups excluding carboxylic acids is 2. The fourth-order valence-electron chi connectivity index (χ4n) is 4.38. The van der Waals surface area contributed by atoms with Crippen LogP contribution in [0.25, 0.3) is 5.69 Å². The minimum absolute atomic E-state index is 0.0532. The van der Waals surface area contributed by atoms with Crippen LogP contribution in [-0.2, 0) is 9.59 Å². The largest absolute Gasteiger partial charge is 0.497 e. The summed E-state index contributed by atoms with van der Waals surface area (Å²) in [6, 6.07) is 12.7. The minimum atomic E-state index is -0.169. The Bertz CT molecular complexity index is 1250. The van der Waals surface area contributed by atoms with Gasteiger partial charge in [-0.2, -0.15) is 5.10 Å². The average Bonchev–Trinajstić information content (AvgIpc) is 3.19. The van der Waals surface area contributed by atoms with Crippen molar-refractivity contribution < 1.29 is 19.1 Å². The number of ether oxygens (including phenoxy) is 2. The van der Waals surface area contributed by atoms with Crippen LogP contribution in [0.2, 0.25) is 5.02 Å². The number of aryl methyl sites for hydroxylation is 1. The van der Waals surface area contributed by atoms with E-state index in [0.29, 0.717) is 59.5 Å². The molecule has 4 rings (SSSR count). The zero-order chi connectivity index (χ0) is 25.8. The summed E-state index contributed by atoms with van der Waals surface area (Å²) in [5.41, 5.74) is 2.82. The number of anilines is 3. The summed E-state index contributed by atoms with van der Waals surface area (Å²) in [6.45, 7) is 4.60. The SMILES string of the molecule is COc1ccc(NC(=O)C2CCN(c3c(NC(C)=O)c(C)nn3-c3ccc(Cl)cc3)CC2)c(OC)c1. The summed E-state index contributed by atoms with van der Waals surface area (Å²) in [6.07, 6.45) is 1.29. The molecule has 36 heavy (non-hydrogen) atoms. The molecule has 2 aromatic carbocycles. The lowest BCUT2D eigenvalue weighted by Crippen LogP contribution is -2.39. The van der Waals surface area contributed by atoms with Crippen molar-refractivity contribution >= 4 is 40.6 Å². The smallest absolute Gasteiger partial charge is 0.227 e. The lowest BCUT2D eigenvalue weighted by Gasteiger charge is -2.33. The van der Waals surface area contributed by atoms with Crippen LogP contribution in [0.4, 0.5) is 17.2 Å². The quantitative estimate of drug-likeness (QED) is 0.478. The highest BCUT2D eigenvalue weighted by atomic mass is 35.5. The molecule has 0 radical (unpaired) electrons. The van der Waals surface area contributed by atoms with Gasteiger partial charge in [-0.3, -0.25) is 9.59 Å². The number of hydrogen-bond acceptors (Lipinski definition) is 6. The van der Waals surface area contributed by atoms with Gasteiger partial charge in [-0.25, -0.2) is 4.68 Å². The zero-order valence-electron chi connectivity index (χ0n) is 20.8. The molecule has 3 aromatic rings. The van der Waals surface area contributed by atoms with Crippen LogP contribution in [0.5, 0.6) is 11.5 Å². The van der Waals surface area contributed by atoms with Gasteiger partial charge in [-0.15, -0.1) is 0 Å². The molecule has 0 bridgehead atoms. The number of methoxy groups -OCH3 is 2. The predicted molar refractivity (Wildman–Crippen MR) is 141 cm³/mol. The number of aromatic nitrogens is 2. The highest BCUT2D eigenvalue weighted by Gasteiger charge is 2.30. The highest BCUT2D eigenvalue weighted by molar-refractivity contribution is 6.30. The van der Waals surface area contributed by atoms with Gasteiger partial charge in [0.15, 0.2) is 5.82 Å². The van der Waals surface area contributed by atoms with Gasteiger partial charge in [0.1, 0.15) is 17.2 Å². The molecule has 2 amide bonds. The maximum absolute atomic E-state index is 13.1. The third-order valence-electron chi connectivity index (χ3n) is 6.24. The number of piperidine rings is 1. The molecule has 0 spiro atoms. The van der Waals surface area contributed by atoms with Crippen LogP contribution in [0.3, 0.4) is 0 Å². The van der Waals surface area contributed by atoms with Crippen molar-refractivity contribution in [3.05, 3.63) is 53.2 Å². The lowest BCUT2D eigenvalue weighted by molar-refractivity contribution is -0.120. The van der Waals surface area contributed by atoms with Crippen LogP contribution in [-0.4, -0.2) is 48.9 Å². The molecule has 1 fully saturated rings. The van der Waals surface area contributed by atoms with E-state index in [9.17, 15) is 9.59 Å². The number of nitrogens with zero attached hydrogens (tertiary/aromatic N) is 3. The monoisotopic (exact) mass is 511 g/mol. The molecule has 0 aliphatic carbocycles. The van der Waals surface area contributed by atoms with Gasteiger partial charge in [0.25, 0.3) is 0 Å². The van der Waals surface area contributed by atoms with E-state index < -0.39 is 0 Å². The Kier molecular flexibility index (Phi) is 7.69. The maximum atomic E-state index is 13.1. The number of hydrogen-bond donors (Lipinski definition) is 2.